The summed E-state index contributed by atoms with van der Waals surface area (Å²) in [6.07, 6.45) is 6.87. The van der Waals surface area contributed by atoms with Crippen molar-refractivity contribution >= 4 is 23.0 Å². The van der Waals surface area contributed by atoms with Gasteiger partial charge in [0.25, 0.3) is 0 Å². The number of likely N-dealkylation sites (tertiary alicyclic amines) is 2. The van der Waals surface area contributed by atoms with Crippen LogP contribution in [0.3, 0.4) is 0 Å². The van der Waals surface area contributed by atoms with E-state index in [9.17, 15) is 9.59 Å². The second-order valence-electron chi connectivity index (χ2n) is 9.07. The molecular weight excluding hydrogens is 368 g/mol. The van der Waals surface area contributed by atoms with Gasteiger partial charge in [0, 0.05) is 37.4 Å². The van der Waals surface area contributed by atoms with E-state index < -0.39 is 11.6 Å². The zero-order valence-corrected chi connectivity index (χ0v) is 17.5. The monoisotopic (exact) mass is 398 g/mol. The van der Waals surface area contributed by atoms with Crippen LogP contribution in [0.4, 0.5) is 4.79 Å². The van der Waals surface area contributed by atoms with Gasteiger partial charge < -0.3 is 14.6 Å². The van der Waals surface area contributed by atoms with Crippen molar-refractivity contribution in [2.75, 3.05) is 19.6 Å². The zero-order chi connectivity index (χ0) is 20.6. The number of hydrogen-bond donors (Lipinski definition) is 1. The zero-order valence-electron chi connectivity index (χ0n) is 17.5. The molecular formula is C22H30N4O3. The predicted molar refractivity (Wildman–Crippen MR) is 111 cm³/mol. The summed E-state index contributed by atoms with van der Waals surface area (Å²) >= 11 is 0. The first-order valence-corrected chi connectivity index (χ1v) is 10.5. The van der Waals surface area contributed by atoms with Crippen molar-refractivity contribution in [3.8, 4) is 0 Å². The van der Waals surface area contributed by atoms with E-state index in [1.165, 1.54) is 10.9 Å². The number of carbonyl (C=O) groups excluding carboxylic acids is 2. The Kier molecular flexibility index (Phi) is 5.23. The van der Waals surface area contributed by atoms with Crippen molar-refractivity contribution in [3.05, 3.63) is 30.1 Å². The molecule has 2 aromatic heterocycles. The van der Waals surface area contributed by atoms with Crippen LogP contribution in [0.25, 0.3) is 11.0 Å². The Morgan fingerprint density at radius 2 is 1.93 bits per heavy atom. The standard InChI is InChI=1S/C22H30N4O3/c1-22(2,3)29-21(28)26-11-5-7-18(26)20(27)25-12-8-15(9-13-25)17-14-24-19-16(17)6-4-10-23-19/h4,6,10,14-15,18H,5,7-9,11-13H2,1-3H3,(H,23,24). The molecule has 0 aromatic carbocycles. The van der Waals surface area contributed by atoms with E-state index in [0.717, 1.165) is 38.0 Å². The fraction of sp³-hybridized carbons (Fsp3) is 0.591. The summed E-state index contributed by atoms with van der Waals surface area (Å²) in [7, 11) is 0. The summed E-state index contributed by atoms with van der Waals surface area (Å²) in [4.78, 5) is 36.8. The van der Waals surface area contributed by atoms with E-state index >= 15 is 0 Å². The van der Waals surface area contributed by atoms with E-state index in [2.05, 4.69) is 22.2 Å². The van der Waals surface area contributed by atoms with Gasteiger partial charge in [0.15, 0.2) is 0 Å². The molecule has 1 unspecified atom stereocenters. The first-order chi connectivity index (χ1) is 13.8. The van der Waals surface area contributed by atoms with Crippen molar-refractivity contribution in [2.45, 2.75) is 64.0 Å². The highest BCUT2D eigenvalue weighted by Gasteiger charge is 2.39. The number of carbonyl (C=O) groups is 2. The highest BCUT2D eigenvalue weighted by atomic mass is 16.6. The third kappa shape index (κ3) is 4.09. The Hall–Kier alpha value is -2.57. The van der Waals surface area contributed by atoms with Crippen LogP contribution < -0.4 is 0 Å². The molecule has 7 nitrogen and oxygen atoms in total. The number of aromatic amines is 1. The number of pyridine rings is 1. The van der Waals surface area contributed by atoms with E-state index in [-0.39, 0.29) is 12.0 Å². The summed E-state index contributed by atoms with van der Waals surface area (Å²) in [5.41, 5.74) is 1.65. The predicted octanol–water partition coefficient (Wildman–Crippen LogP) is 3.67. The molecule has 0 bridgehead atoms. The lowest BCUT2D eigenvalue weighted by atomic mass is 9.89. The van der Waals surface area contributed by atoms with Crippen molar-refractivity contribution in [2.24, 2.45) is 0 Å². The van der Waals surface area contributed by atoms with Crippen molar-refractivity contribution in [1.82, 2.24) is 19.8 Å². The van der Waals surface area contributed by atoms with Crippen molar-refractivity contribution in [1.29, 1.82) is 0 Å². The minimum atomic E-state index is -0.556. The molecule has 1 atom stereocenters. The average Bonchev–Trinajstić information content (AvgIpc) is 3.33. The smallest absolute Gasteiger partial charge is 0.410 e. The summed E-state index contributed by atoms with van der Waals surface area (Å²) < 4.78 is 5.50. The van der Waals surface area contributed by atoms with Crippen molar-refractivity contribution in [3.63, 3.8) is 0 Å². The number of piperidine rings is 1. The largest absolute Gasteiger partial charge is 0.444 e. The van der Waals surface area contributed by atoms with Gasteiger partial charge in [-0.15, -0.1) is 0 Å². The molecule has 2 fully saturated rings. The molecule has 1 N–H and O–H groups in total. The molecule has 4 rings (SSSR count). The number of H-pyrrole nitrogens is 1. The van der Waals surface area contributed by atoms with Gasteiger partial charge in [0.05, 0.1) is 0 Å². The maximum atomic E-state index is 13.1. The van der Waals surface area contributed by atoms with Crippen LogP contribution >= 0.6 is 0 Å². The summed E-state index contributed by atoms with van der Waals surface area (Å²) in [6, 6.07) is 3.67. The second kappa shape index (κ2) is 7.69. The molecule has 2 aliphatic rings. The minimum absolute atomic E-state index is 0.0624. The molecule has 0 aliphatic carbocycles. The van der Waals surface area contributed by atoms with Gasteiger partial charge in [-0.25, -0.2) is 9.78 Å². The molecule has 4 heterocycles. The lowest BCUT2D eigenvalue weighted by molar-refractivity contribution is -0.137. The van der Waals surface area contributed by atoms with Gasteiger partial charge in [0.1, 0.15) is 17.3 Å². The maximum Gasteiger partial charge on any atom is 0.410 e. The highest BCUT2D eigenvalue weighted by molar-refractivity contribution is 5.86. The number of hydrogen-bond acceptors (Lipinski definition) is 4. The fourth-order valence-corrected chi connectivity index (χ4v) is 4.50. The number of aromatic nitrogens is 2. The van der Waals surface area contributed by atoms with Crippen LogP contribution in [-0.4, -0.2) is 63.0 Å². The Balaban J connectivity index is 1.39. The van der Waals surface area contributed by atoms with Crippen LogP contribution in [0.1, 0.15) is 57.9 Å². The second-order valence-corrected chi connectivity index (χ2v) is 9.07. The number of nitrogens with zero attached hydrogens (tertiary/aromatic N) is 3. The maximum absolute atomic E-state index is 13.1. The molecule has 2 aliphatic heterocycles. The minimum Gasteiger partial charge on any atom is -0.444 e. The number of fused-ring (bicyclic) bond motifs is 1. The number of ether oxygens (including phenoxy) is 1. The molecule has 0 radical (unpaired) electrons. The molecule has 0 saturated carbocycles. The fourth-order valence-electron chi connectivity index (χ4n) is 4.50. The third-order valence-electron chi connectivity index (χ3n) is 5.90. The van der Waals surface area contributed by atoms with E-state index in [1.54, 1.807) is 11.1 Å². The van der Waals surface area contributed by atoms with E-state index in [1.807, 2.05) is 31.7 Å². The molecule has 2 saturated heterocycles. The molecule has 7 heteroatoms. The van der Waals surface area contributed by atoms with Crippen LogP contribution in [0.5, 0.6) is 0 Å². The average molecular weight is 399 g/mol. The molecule has 2 aromatic rings. The number of rotatable bonds is 2. The van der Waals surface area contributed by atoms with Gasteiger partial charge in [-0.1, -0.05) is 0 Å². The third-order valence-corrected chi connectivity index (χ3v) is 5.90. The Morgan fingerprint density at radius 3 is 2.66 bits per heavy atom. The van der Waals surface area contributed by atoms with Gasteiger partial charge in [0.2, 0.25) is 5.91 Å². The SMILES string of the molecule is CC(C)(C)OC(=O)N1CCCC1C(=O)N1CCC(c2c[nH]c3ncccc23)CC1. The van der Waals surface area contributed by atoms with Crippen LogP contribution in [0.2, 0.25) is 0 Å². The van der Waals surface area contributed by atoms with Gasteiger partial charge in [-0.2, -0.15) is 0 Å². The van der Waals surface area contributed by atoms with Crippen molar-refractivity contribution < 1.29 is 14.3 Å². The quantitative estimate of drug-likeness (QED) is 0.837. The van der Waals surface area contributed by atoms with E-state index in [0.29, 0.717) is 18.9 Å². The van der Waals surface area contributed by atoms with Gasteiger partial charge in [-0.3, -0.25) is 9.69 Å². The summed E-state index contributed by atoms with van der Waals surface area (Å²) in [5.74, 6) is 0.481. The first kappa shape index (κ1) is 19.7. The molecule has 156 valence electrons. The lowest BCUT2D eigenvalue weighted by Crippen LogP contribution is -2.50. The summed E-state index contributed by atoms with van der Waals surface area (Å²) in [5, 5.41) is 1.17. The topological polar surface area (TPSA) is 78.5 Å². The Labute approximate surface area is 171 Å². The van der Waals surface area contributed by atoms with Gasteiger partial charge in [-0.05, 0) is 70.1 Å². The van der Waals surface area contributed by atoms with E-state index in [4.69, 9.17) is 4.74 Å². The molecule has 29 heavy (non-hydrogen) atoms. The summed E-state index contributed by atoms with van der Waals surface area (Å²) in [6.45, 7) is 7.57. The van der Waals surface area contributed by atoms with Crippen LogP contribution in [0.15, 0.2) is 24.5 Å². The van der Waals surface area contributed by atoms with Crippen LogP contribution in [-0.2, 0) is 9.53 Å². The lowest BCUT2D eigenvalue weighted by Gasteiger charge is -2.36. The Bertz CT molecular complexity index is 893. The normalized spacial score (nSPS) is 21.0. The first-order valence-electron chi connectivity index (χ1n) is 10.5. The molecule has 2 amide bonds. The van der Waals surface area contributed by atoms with Gasteiger partial charge >= 0.3 is 6.09 Å². The number of nitrogens with one attached hydrogen (secondary N) is 1. The molecule has 0 spiro atoms. The van der Waals surface area contributed by atoms with Crippen LogP contribution in [0, 0.1) is 0 Å². The number of amides is 2. The highest BCUT2D eigenvalue weighted by Crippen LogP contribution is 2.33. The Morgan fingerprint density at radius 1 is 1.17 bits per heavy atom.